The summed E-state index contributed by atoms with van der Waals surface area (Å²) < 4.78 is 123. The summed E-state index contributed by atoms with van der Waals surface area (Å²) in [5.74, 6) is 0. The minimum Gasteiger partial charge on any atom is -0.449 e. The van der Waals surface area contributed by atoms with Gasteiger partial charge in [-0.2, -0.15) is 26.3 Å². The first kappa shape index (κ1) is 24.8. The van der Waals surface area contributed by atoms with Crippen LogP contribution in [-0.4, -0.2) is 46.1 Å². The quantitative estimate of drug-likeness (QED) is 0.480. The van der Waals surface area contributed by atoms with E-state index in [1.807, 2.05) is 0 Å². The fraction of sp³-hybridized carbons (Fsp3) is 0.846. The molecular formula is C13H18F6NO6S2-. The summed E-state index contributed by atoms with van der Waals surface area (Å²) in [6.07, 6.45) is -1.20. The van der Waals surface area contributed by atoms with Crippen molar-refractivity contribution in [2.45, 2.75) is 68.6 Å². The average Bonchev–Trinajstić information content (AvgIpc) is 2.50. The topological polar surface area (TPSA) is 107 Å². The van der Waals surface area contributed by atoms with Gasteiger partial charge in [0.1, 0.15) is 19.7 Å². The average molecular weight is 462 g/mol. The predicted molar refractivity (Wildman–Crippen MR) is 83.8 cm³/mol. The molecule has 1 saturated carbocycles. The molecule has 0 radical (unpaired) electrons. The van der Waals surface area contributed by atoms with E-state index < -0.39 is 53.9 Å². The van der Waals surface area contributed by atoms with Gasteiger partial charge in [0, 0.05) is 6.04 Å². The highest BCUT2D eigenvalue weighted by molar-refractivity contribution is 8.13. The van der Waals surface area contributed by atoms with E-state index >= 15 is 0 Å². The Morgan fingerprint density at radius 1 is 1.00 bits per heavy atom. The van der Waals surface area contributed by atoms with E-state index in [1.54, 1.807) is 0 Å². The molecule has 0 aromatic carbocycles. The molecular weight excluding hydrogens is 444 g/mol. The molecule has 0 heterocycles. The van der Waals surface area contributed by atoms with Gasteiger partial charge in [-0.05, 0) is 19.8 Å². The number of sulfone groups is 2. The highest BCUT2D eigenvalue weighted by atomic mass is 32.3. The van der Waals surface area contributed by atoms with Gasteiger partial charge in [0.05, 0.1) is 6.10 Å². The molecule has 0 aromatic rings. The van der Waals surface area contributed by atoms with E-state index in [4.69, 9.17) is 0 Å². The first-order valence-corrected chi connectivity index (χ1v) is 10.9. The van der Waals surface area contributed by atoms with E-state index in [1.165, 1.54) is 0 Å². The molecule has 1 fully saturated rings. The van der Waals surface area contributed by atoms with Crippen molar-refractivity contribution in [3.63, 3.8) is 0 Å². The van der Waals surface area contributed by atoms with Gasteiger partial charge in [-0.15, -0.1) is 6.42 Å². The normalized spacial score (nSPS) is 18.7. The molecule has 1 rings (SSSR count). The largest absolute Gasteiger partial charge is 0.469 e. The molecule has 1 aliphatic carbocycles. The summed E-state index contributed by atoms with van der Waals surface area (Å²) in [5.41, 5.74) is -12.6. The number of amides is 1. The molecule has 1 aliphatic rings. The van der Waals surface area contributed by atoms with Gasteiger partial charge in [0.15, 0.2) is 0 Å². The van der Waals surface area contributed by atoms with Crippen molar-refractivity contribution in [1.29, 1.82) is 0 Å². The van der Waals surface area contributed by atoms with Gasteiger partial charge in [-0.1, -0.05) is 23.8 Å². The number of halogens is 6. The van der Waals surface area contributed by atoms with Crippen LogP contribution >= 0.6 is 0 Å². The van der Waals surface area contributed by atoms with E-state index in [2.05, 4.69) is 10.1 Å². The summed E-state index contributed by atoms with van der Waals surface area (Å²) in [5, 5.41) is 2.35. The maximum atomic E-state index is 12.7. The minimum absolute atomic E-state index is 0.310. The molecule has 166 valence electrons. The fourth-order valence-electron chi connectivity index (χ4n) is 2.53. The van der Waals surface area contributed by atoms with E-state index in [0.717, 1.165) is 26.2 Å². The predicted octanol–water partition coefficient (Wildman–Crippen LogP) is 3.18. The van der Waals surface area contributed by atoms with Gasteiger partial charge < -0.3 is 10.1 Å². The summed E-state index contributed by atoms with van der Waals surface area (Å²) in [6, 6.07) is -0.310. The SMILES string of the molecule is CC(C[C-](S(=O)(=O)C(F)(F)F)S(=O)(=O)C(F)(F)F)OC(=O)NC1CCCCC1. The monoisotopic (exact) mass is 462 g/mol. The van der Waals surface area contributed by atoms with Crippen LogP contribution in [0, 0.1) is 4.58 Å². The number of carbonyl (C=O) groups is 1. The van der Waals surface area contributed by atoms with Crippen molar-refractivity contribution >= 4 is 25.8 Å². The van der Waals surface area contributed by atoms with Gasteiger partial charge in [-0.3, -0.25) is 16.8 Å². The third kappa shape index (κ3) is 5.87. The zero-order chi connectivity index (χ0) is 22.0. The number of carbonyl (C=O) groups excluding carboxylic acids is 1. The number of alkyl halides is 6. The highest BCUT2D eigenvalue weighted by Crippen LogP contribution is 2.43. The Labute approximate surface area is 157 Å². The summed E-state index contributed by atoms with van der Waals surface area (Å²) in [6.45, 7) is 0.776. The molecule has 0 bridgehead atoms. The van der Waals surface area contributed by atoms with Crippen LogP contribution in [0.2, 0.25) is 0 Å². The molecule has 7 nitrogen and oxygen atoms in total. The van der Waals surface area contributed by atoms with Crippen LogP contribution in [0.15, 0.2) is 0 Å². The molecule has 0 saturated heterocycles. The van der Waals surface area contributed by atoms with Gasteiger partial charge in [0.2, 0.25) is 0 Å². The van der Waals surface area contributed by atoms with E-state index in [9.17, 15) is 48.0 Å². The summed E-state index contributed by atoms with van der Waals surface area (Å²) in [4.78, 5) is 11.7. The Balaban J connectivity index is 2.99. The maximum absolute atomic E-state index is 12.7. The lowest BCUT2D eigenvalue weighted by Crippen LogP contribution is -2.42. The molecule has 1 amide bonds. The Morgan fingerprint density at radius 3 is 1.82 bits per heavy atom. The third-order valence-corrected chi connectivity index (χ3v) is 7.97. The highest BCUT2D eigenvalue weighted by Gasteiger charge is 2.54. The molecule has 1 N–H and O–H groups in total. The molecule has 0 aromatic heterocycles. The van der Waals surface area contributed by atoms with Gasteiger partial charge in [0.25, 0.3) is 0 Å². The lowest BCUT2D eigenvalue weighted by Gasteiger charge is -2.33. The van der Waals surface area contributed by atoms with Crippen molar-refractivity contribution in [3.8, 4) is 0 Å². The molecule has 0 aliphatic heterocycles. The molecule has 1 atom stereocenters. The van der Waals surface area contributed by atoms with Crippen molar-refractivity contribution in [2.24, 2.45) is 0 Å². The zero-order valence-electron chi connectivity index (χ0n) is 14.4. The standard InChI is InChI=1S/C13H18F6NO6S2/c1-8(26-11(21)20-9-5-3-2-4-6-9)7-10(27(22,23)12(14,15)16)28(24,25)13(17,18)19/h8-9H,2-7H2,1H3,(H,20,21)/q-1. The van der Waals surface area contributed by atoms with Crippen LogP contribution in [0.4, 0.5) is 31.1 Å². The third-order valence-electron chi connectivity index (χ3n) is 3.90. The number of hydrogen-bond donors (Lipinski definition) is 1. The van der Waals surface area contributed by atoms with Crippen LogP contribution in [-0.2, 0) is 24.4 Å². The molecule has 15 heteroatoms. The molecule has 28 heavy (non-hydrogen) atoms. The van der Waals surface area contributed by atoms with E-state index in [0.29, 0.717) is 12.8 Å². The Morgan fingerprint density at radius 2 is 1.43 bits per heavy atom. The van der Waals surface area contributed by atoms with Crippen LogP contribution < -0.4 is 5.32 Å². The maximum Gasteiger partial charge on any atom is 0.469 e. The number of alkyl carbamates (subject to hydrolysis) is 1. The van der Waals surface area contributed by atoms with Gasteiger partial charge >= 0.3 is 17.1 Å². The van der Waals surface area contributed by atoms with Crippen molar-refractivity contribution < 1.29 is 52.7 Å². The lowest BCUT2D eigenvalue weighted by molar-refractivity contribution is -0.0458. The summed E-state index contributed by atoms with van der Waals surface area (Å²) >= 11 is 0. The van der Waals surface area contributed by atoms with Crippen LogP contribution in [0.1, 0.15) is 45.4 Å². The second-order valence-electron chi connectivity index (χ2n) is 6.17. The molecule has 1 unspecified atom stereocenters. The van der Waals surface area contributed by atoms with Crippen LogP contribution in [0.3, 0.4) is 0 Å². The summed E-state index contributed by atoms with van der Waals surface area (Å²) in [7, 11) is -13.7. The van der Waals surface area contributed by atoms with Gasteiger partial charge in [-0.25, -0.2) is 4.79 Å². The smallest absolute Gasteiger partial charge is 0.449 e. The second-order valence-corrected chi connectivity index (χ2v) is 10.4. The van der Waals surface area contributed by atoms with Crippen molar-refractivity contribution in [3.05, 3.63) is 4.58 Å². The zero-order valence-corrected chi connectivity index (χ0v) is 16.1. The number of ether oxygens (including phenoxy) is 1. The first-order valence-electron chi connectivity index (χ1n) is 7.96. The lowest BCUT2D eigenvalue weighted by atomic mass is 9.96. The first-order chi connectivity index (χ1) is 12.5. The Kier molecular flexibility index (Phi) is 7.64. The second kappa shape index (κ2) is 8.63. The Bertz CT molecular complexity index is 711. The number of hydrogen-bond acceptors (Lipinski definition) is 6. The van der Waals surface area contributed by atoms with Crippen LogP contribution in [0.25, 0.3) is 0 Å². The van der Waals surface area contributed by atoms with E-state index in [-0.39, 0.29) is 6.04 Å². The number of nitrogens with one attached hydrogen (secondary N) is 1. The molecule has 0 spiro atoms. The van der Waals surface area contributed by atoms with Crippen molar-refractivity contribution in [1.82, 2.24) is 5.32 Å². The number of rotatable bonds is 6. The van der Waals surface area contributed by atoms with Crippen molar-refractivity contribution in [2.75, 3.05) is 0 Å². The minimum atomic E-state index is -6.84. The Hall–Kier alpha value is -1.25. The fourth-order valence-corrected chi connectivity index (χ4v) is 5.68. The van der Waals surface area contributed by atoms with Crippen LogP contribution in [0.5, 0.6) is 0 Å².